The van der Waals surface area contributed by atoms with Gasteiger partial charge in [-0.1, -0.05) is 0 Å². The fraction of sp³-hybridized carbons (Fsp3) is 0.375. The summed E-state index contributed by atoms with van der Waals surface area (Å²) in [6, 6.07) is 4.96. The molecule has 2 N–H and O–H groups in total. The molecule has 0 aliphatic carbocycles. The Hall–Kier alpha value is -2.90. The molecule has 24 heavy (non-hydrogen) atoms. The molecule has 1 saturated heterocycles. The van der Waals surface area contributed by atoms with Crippen LogP contribution in [0.4, 0.5) is 4.79 Å². The number of nitrogens with one attached hydrogen (secondary N) is 2. The van der Waals surface area contributed by atoms with E-state index in [1.54, 1.807) is 25.0 Å². The molecule has 2 aliphatic rings. The van der Waals surface area contributed by atoms with Crippen LogP contribution in [-0.2, 0) is 12.8 Å². The van der Waals surface area contributed by atoms with E-state index in [0.29, 0.717) is 29.4 Å². The summed E-state index contributed by atoms with van der Waals surface area (Å²) in [7, 11) is 4.97. The largest absolute Gasteiger partial charge is 0.493 e. The molecule has 0 spiro atoms. The van der Waals surface area contributed by atoms with Gasteiger partial charge in [0.25, 0.3) is 0 Å². The monoisotopic (exact) mass is 330 g/mol. The standard InChI is InChI=1S/C16H18N4O4/c1-20-5-4-14(19-20)16-8-10(17-15(21)18-16)9-6-12(22-2)13(23-3)7-11(9)24-16/h4-7,10H,8H2,1-3H3,(H2,17,18,21). The zero-order valence-corrected chi connectivity index (χ0v) is 13.6. The lowest BCUT2D eigenvalue weighted by Crippen LogP contribution is -2.62. The van der Waals surface area contributed by atoms with E-state index >= 15 is 0 Å². The highest BCUT2D eigenvalue weighted by Crippen LogP contribution is 2.48. The van der Waals surface area contributed by atoms with Crippen LogP contribution in [0.25, 0.3) is 0 Å². The van der Waals surface area contributed by atoms with E-state index < -0.39 is 5.72 Å². The van der Waals surface area contributed by atoms with Crippen LogP contribution in [0.3, 0.4) is 0 Å². The minimum atomic E-state index is -0.999. The maximum absolute atomic E-state index is 12.2. The summed E-state index contributed by atoms with van der Waals surface area (Å²) in [6.45, 7) is 0. The molecule has 0 saturated carbocycles. The zero-order chi connectivity index (χ0) is 16.9. The van der Waals surface area contributed by atoms with Gasteiger partial charge >= 0.3 is 6.03 Å². The number of carbonyl (C=O) groups is 1. The SMILES string of the molecule is COc1cc2c(cc1OC)C1CC(c3ccn(C)n3)(NC(=O)N1)O2. The molecule has 3 heterocycles. The van der Waals surface area contributed by atoms with Crippen molar-refractivity contribution < 1.29 is 19.0 Å². The second kappa shape index (κ2) is 5.05. The van der Waals surface area contributed by atoms with Crippen molar-refractivity contribution in [3.63, 3.8) is 0 Å². The van der Waals surface area contributed by atoms with Crippen LogP contribution in [0, 0.1) is 0 Å². The average molecular weight is 330 g/mol. The van der Waals surface area contributed by atoms with E-state index in [-0.39, 0.29) is 12.1 Å². The number of ether oxygens (including phenoxy) is 3. The van der Waals surface area contributed by atoms with Gasteiger partial charge in [-0.15, -0.1) is 0 Å². The summed E-state index contributed by atoms with van der Waals surface area (Å²) in [5.41, 5.74) is 0.514. The van der Waals surface area contributed by atoms with Crippen LogP contribution in [0.5, 0.6) is 17.2 Å². The van der Waals surface area contributed by atoms with Crippen LogP contribution in [0.15, 0.2) is 24.4 Å². The van der Waals surface area contributed by atoms with Crippen LogP contribution in [-0.4, -0.2) is 30.0 Å². The fourth-order valence-electron chi connectivity index (χ4n) is 3.30. The summed E-state index contributed by atoms with van der Waals surface area (Å²) in [6.07, 6.45) is 2.35. The van der Waals surface area contributed by atoms with E-state index in [0.717, 1.165) is 5.56 Å². The predicted molar refractivity (Wildman–Crippen MR) is 84.1 cm³/mol. The molecule has 2 bridgehead atoms. The first-order chi connectivity index (χ1) is 11.5. The number of carbonyl (C=O) groups excluding carboxylic acids is 1. The number of aryl methyl sites for hydroxylation is 1. The zero-order valence-electron chi connectivity index (χ0n) is 13.6. The number of hydrogen-bond acceptors (Lipinski definition) is 5. The number of fused-ring (bicyclic) bond motifs is 4. The van der Waals surface area contributed by atoms with Crippen molar-refractivity contribution in [2.45, 2.75) is 18.2 Å². The van der Waals surface area contributed by atoms with Gasteiger partial charge < -0.3 is 19.5 Å². The Morgan fingerprint density at radius 3 is 2.75 bits per heavy atom. The normalized spacial score (nSPS) is 24.3. The number of methoxy groups -OCH3 is 2. The topological polar surface area (TPSA) is 86.6 Å². The average Bonchev–Trinajstić information content (AvgIpc) is 3.00. The first kappa shape index (κ1) is 14.7. The Bertz CT molecular complexity index is 818. The Kier molecular flexibility index (Phi) is 3.09. The lowest BCUT2D eigenvalue weighted by molar-refractivity contribution is -0.0135. The van der Waals surface area contributed by atoms with Gasteiger partial charge in [-0.05, 0) is 12.1 Å². The smallest absolute Gasteiger partial charge is 0.318 e. The first-order valence-corrected chi connectivity index (χ1v) is 7.58. The van der Waals surface area contributed by atoms with Crippen molar-refractivity contribution in [2.24, 2.45) is 7.05 Å². The van der Waals surface area contributed by atoms with Crippen molar-refractivity contribution >= 4 is 6.03 Å². The Morgan fingerprint density at radius 2 is 2.08 bits per heavy atom. The minimum Gasteiger partial charge on any atom is -0.493 e. The highest BCUT2D eigenvalue weighted by Gasteiger charge is 2.49. The van der Waals surface area contributed by atoms with E-state index in [4.69, 9.17) is 14.2 Å². The minimum absolute atomic E-state index is 0.204. The van der Waals surface area contributed by atoms with Gasteiger partial charge in [0.15, 0.2) is 11.5 Å². The van der Waals surface area contributed by atoms with E-state index in [1.807, 2.05) is 25.4 Å². The van der Waals surface area contributed by atoms with Crippen molar-refractivity contribution in [1.82, 2.24) is 20.4 Å². The van der Waals surface area contributed by atoms with Gasteiger partial charge in [0, 0.05) is 31.3 Å². The summed E-state index contributed by atoms with van der Waals surface area (Å²) < 4.78 is 18.6. The first-order valence-electron chi connectivity index (χ1n) is 7.58. The Labute approximate surface area is 138 Å². The van der Waals surface area contributed by atoms with Crippen LogP contribution >= 0.6 is 0 Å². The maximum Gasteiger partial charge on any atom is 0.318 e. The number of urea groups is 1. The van der Waals surface area contributed by atoms with Crippen LogP contribution < -0.4 is 24.8 Å². The van der Waals surface area contributed by atoms with Gasteiger partial charge in [0.2, 0.25) is 5.72 Å². The molecule has 2 aliphatic heterocycles. The third kappa shape index (κ3) is 2.06. The maximum atomic E-state index is 12.2. The molecule has 2 unspecified atom stereocenters. The summed E-state index contributed by atoms with van der Waals surface area (Å²) in [5.74, 6) is 1.79. The number of hydrogen-bond donors (Lipinski definition) is 2. The van der Waals surface area contributed by atoms with E-state index in [9.17, 15) is 4.79 Å². The predicted octanol–water partition coefficient (Wildman–Crippen LogP) is 1.43. The van der Waals surface area contributed by atoms with Gasteiger partial charge in [-0.3, -0.25) is 10.00 Å². The lowest BCUT2D eigenvalue weighted by atomic mass is 9.88. The molecular formula is C16H18N4O4. The second-order valence-corrected chi connectivity index (χ2v) is 5.90. The van der Waals surface area contributed by atoms with Crippen molar-refractivity contribution in [2.75, 3.05) is 14.2 Å². The fourth-order valence-corrected chi connectivity index (χ4v) is 3.30. The number of rotatable bonds is 3. The third-order valence-corrected chi connectivity index (χ3v) is 4.42. The van der Waals surface area contributed by atoms with Gasteiger partial charge in [0.05, 0.1) is 20.3 Å². The Balaban J connectivity index is 1.85. The Morgan fingerprint density at radius 1 is 1.33 bits per heavy atom. The summed E-state index contributed by atoms with van der Waals surface area (Å²) in [4.78, 5) is 12.2. The molecule has 0 radical (unpaired) electrons. The van der Waals surface area contributed by atoms with Crippen molar-refractivity contribution in [3.8, 4) is 17.2 Å². The van der Waals surface area contributed by atoms with Crippen molar-refractivity contribution in [1.29, 1.82) is 0 Å². The second-order valence-electron chi connectivity index (χ2n) is 5.90. The number of nitrogens with zero attached hydrogens (tertiary/aromatic N) is 2. The molecule has 1 aromatic heterocycles. The summed E-state index contributed by atoms with van der Waals surface area (Å²) in [5, 5.41) is 10.2. The molecule has 4 rings (SSSR count). The molecular weight excluding hydrogens is 312 g/mol. The lowest BCUT2D eigenvalue weighted by Gasteiger charge is -2.45. The van der Waals surface area contributed by atoms with Crippen molar-refractivity contribution in [3.05, 3.63) is 35.7 Å². The van der Waals surface area contributed by atoms with Crippen LogP contribution in [0.2, 0.25) is 0 Å². The van der Waals surface area contributed by atoms with E-state index in [2.05, 4.69) is 15.7 Å². The van der Waals surface area contributed by atoms with Gasteiger partial charge in [-0.25, -0.2) is 4.79 Å². The molecule has 1 aromatic carbocycles. The van der Waals surface area contributed by atoms with Crippen LogP contribution in [0.1, 0.15) is 23.7 Å². The third-order valence-electron chi connectivity index (χ3n) is 4.42. The number of benzene rings is 1. The highest BCUT2D eigenvalue weighted by molar-refractivity contribution is 5.77. The molecule has 126 valence electrons. The molecule has 2 atom stereocenters. The summed E-state index contributed by atoms with van der Waals surface area (Å²) >= 11 is 0. The number of aromatic nitrogens is 2. The highest BCUT2D eigenvalue weighted by atomic mass is 16.5. The number of amides is 2. The van der Waals surface area contributed by atoms with Gasteiger partial charge in [0.1, 0.15) is 11.4 Å². The van der Waals surface area contributed by atoms with E-state index in [1.165, 1.54) is 0 Å². The van der Waals surface area contributed by atoms with Gasteiger partial charge in [-0.2, -0.15) is 5.10 Å². The quantitative estimate of drug-likeness (QED) is 0.889. The molecule has 8 heteroatoms. The molecule has 2 amide bonds. The molecule has 8 nitrogen and oxygen atoms in total. The molecule has 1 fully saturated rings. The molecule has 2 aromatic rings.